The maximum Gasteiger partial charge on any atom is 0.254 e. The van der Waals surface area contributed by atoms with Gasteiger partial charge in [-0.2, -0.15) is 0 Å². The Bertz CT molecular complexity index is 743. The third-order valence-corrected chi connectivity index (χ3v) is 5.63. The number of ether oxygens (including phenoxy) is 2. The number of benzene rings is 1. The number of carbonyl (C=O) groups excluding carboxylic acids is 1. The van der Waals surface area contributed by atoms with E-state index in [9.17, 15) is 4.79 Å². The molecule has 1 aliphatic carbocycles. The van der Waals surface area contributed by atoms with Gasteiger partial charge in [0.2, 0.25) is 0 Å². The fourth-order valence-electron chi connectivity index (χ4n) is 3.56. The van der Waals surface area contributed by atoms with Crippen LogP contribution in [0.15, 0.2) is 29.1 Å². The van der Waals surface area contributed by atoms with Gasteiger partial charge < -0.3 is 14.4 Å². The van der Waals surface area contributed by atoms with Crippen LogP contribution in [0.4, 0.5) is 0 Å². The summed E-state index contributed by atoms with van der Waals surface area (Å²) in [5.41, 5.74) is 3.34. The Balaban J connectivity index is 1.49. The van der Waals surface area contributed by atoms with Gasteiger partial charge in [-0.3, -0.25) is 4.79 Å². The van der Waals surface area contributed by atoms with Crippen molar-refractivity contribution < 1.29 is 14.3 Å². The first-order valence-corrected chi connectivity index (χ1v) is 9.69. The van der Waals surface area contributed by atoms with Crippen LogP contribution in [-0.4, -0.2) is 35.5 Å². The highest BCUT2D eigenvalue weighted by Gasteiger charge is 2.40. The maximum atomic E-state index is 12.9. The van der Waals surface area contributed by atoms with E-state index in [-0.39, 0.29) is 5.91 Å². The fourth-order valence-corrected chi connectivity index (χ4v) is 4.11. The number of hydrogen-bond acceptors (Lipinski definition) is 5. The molecule has 0 spiro atoms. The first-order chi connectivity index (χ1) is 12.3. The first kappa shape index (κ1) is 16.4. The van der Waals surface area contributed by atoms with Crippen molar-refractivity contribution in [1.82, 2.24) is 9.88 Å². The zero-order valence-corrected chi connectivity index (χ0v) is 15.1. The molecule has 1 aromatic carbocycles. The summed E-state index contributed by atoms with van der Waals surface area (Å²) in [5, 5.41) is 1.95. The van der Waals surface area contributed by atoms with E-state index >= 15 is 0 Å². The molecule has 1 saturated carbocycles. The van der Waals surface area contributed by atoms with Crippen molar-refractivity contribution in [3.63, 3.8) is 0 Å². The molecular weight excluding hydrogens is 336 g/mol. The van der Waals surface area contributed by atoms with Gasteiger partial charge in [0.25, 0.3) is 5.91 Å². The molecule has 25 heavy (non-hydrogen) atoms. The van der Waals surface area contributed by atoms with Gasteiger partial charge in [0.15, 0.2) is 11.5 Å². The molecule has 1 amide bonds. The molecule has 2 fully saturated rings. The summed E-state index contributed by atoms with van der Waals surface area (Å²) < 4.78 is 11.2. The number of carbonyl (C=O) groups is 1. The highest BCUT2D eigenvalue weighted by molar-refractivity contribution is 7.07. The van der Waals surface area contributed by atoms with Crippen LogP contribution in [0.25, 0.3) is 0 Å². The topological polar surface area (TPSA) is 51.7 Å². The summed E-state index contributed by atoms with van der Waals surface area (Å²) in [6, 6.07) is 5.88. The second kappa shape index (κ2) is 7.04. The predicted octanol–water partition coefficient (Wildman–Crippen LogP) is 3.75. The molecular formula is C19H22N2O3S. The van der Waals surface area contributed by atoms with Crippen LogP contribution in [0.2, 0.25) is 0 Å². The van der Waals surface area contributed by atoms with Gasteiger partial charge >= 0.3 is 0 Å². The molecule has 1 saturated heterocycles. The molecule has 1 aromatic heterocycles. The first-order valence-electron chi connectivity index (χ1n) is 8.75. The van der Waals surface area contributed by atoms with Crippen LogP contribution in [0.5, 0.6) is 11.5 Å². The molecule has 1 atom stereocenters. The smallest absolute Gasteiger partial charge is 0.254 e. The zero-order chi connectivity index (χ0) is 17.2. The molecule has 2 aliphatic rings. The number of methoxy groups -OCH3 is 1. The van der Waals surface area contributed by atoms with Gasteiger partial charge in [-0.1, -0.05) is 0 Å². The highest BCUT2D eigenvalue weighted by Crippen LogP contribution is 2.41. The fraction of sp³-hybridized carbons (Fsp3) is 0.474. The molecule has 0 radical (unpaired) electrons. The minimum Gasteiger partial charge on any atom is -0.493 e. The van der Waals surface area contributed by atoms with E-state index in [1.54, 1.807) is 30.0 Å². The van der Waals surface area contributed by atoms with Crippen molar-refractivity contribution in [3.8, 4) is 11.5 Å². The van der Waals surface area contributed by atoms with Crippen LogP contribution in [-0.2, 0) is 6.61 Å². The Morgan fingerprint density at radius 3 is 2.92 bits per heavy atom. The van der Waals surface area contributed by atoms with Crippen LogP contribution in [0.3, 0.4) is 0 Å². The maximum absolute atomic E-state index is 12.9. The lowest BCUT2D eigenvalue weighted by atomic mass is 10.1. The van der Waals surface area contributed by atoms with Gasteiger partial charge in [-0.15, -0.1) is 11.3 Å². The lowest BCUT2D eigenvalue weighted by Crippen LogP contribution is -2.36. The van der Waals surface area contributed by atoms with Gasteiger partial charge in [-0.25, -0.2) is 4.98 Å². The molecule has 4 rings (SSSR count). The molecule has 1 aliphatic heterocycles. The second-order valence-corrected chi connectivity index (χ2v) is 7.40. The second-order valence-electron chi connectivity index (χ2n) is 6.68. The Kier molecular flexibility index (Phi) is 4.61. The summed E-state index contributed by atoms with van der Waals surface area (Å²) in [7, 11) is 1.60. The summed E-state index contributed by atoms with van der Waals surface area (Å²) >= 11 is 1.54. The molecule has 6 heteroatoms. The van der Waals surface area contributed by atoms with E-state index < -0.39 is 0 Å². The Morgan fingerprint density at radius 1 is 1.32 bits per heavy atom. The molecule has 132 valence electrons. The Labute approximate surface area is 151 Å². The number of amides is 1. The average molecular weight is 358 g/mol. The number of thiazole rings is 1. The van der Waals surface area contributed by atoms with E-state index in [0.29, 0.717) is 35.6 Å². The van der Waals surface area contributed by atoms with Gasteiger partial charge in [0.1, 0.15) is 6.61 Å². The molecule has 1 unspecified atom stereocenters. The van der Waals surface area contributed by atoms with Crippen molar-refractivity contribution in [2.75, 3.05) is 13.7 Å². The Hall–Kier alpha value is -2.08. The highest BCUT2D eigenvalue weighted by atomic mass is 32.1. The number of nitrogens with zero attached hydrogens (tertiary/aromatic N) is 2. The third-order valence-electron chi connectivity index (χ3n) is 5.00. The lowest BCUT2D eigenvalue weighted by Gasteiger charge is -2.25. The lowest BCUT2D eigenvalue weighted by molar-refractivity contribution is 0.0720. The molecule has 2 aromatic rings. The number of hydrogen-bond donors (Lipinski definition) is 0. The molecule has 0 bridgehead atoms. The van der Waals surface area contributed by atoms with E-state index in [1.165, 1.54) is 12.8 Å². The van der Waals surface area contributed by atoms with Gasteiger partial charge in [-0.05, 0) is 49.8 Å². The van der Waals surface area contributed by atoms with Gasteiger partial charge in [0, 0.05) is 23.5 Å². The van der Waals surface area contributed by atoms with Crippen molar-refractivity contribution in [2.45, 2.75) is 38.3 Å². The number of rotatable bonds is 6. The standard InChI is InChI=1S/C19H22N2O3S/c1-23-18-9-14(6-7-17(18)24-10-15-11-25-12-20-15)19(22)21-8-2-3-16(21)13-4-5-13/h6-7,9,11-13,16H,2-5,8,10H2,1H3. The van der Waals surface area contributed by atoms with E-state index in [0.717, 1.165) is 25.1 Å². The Morgan fingerprint density at radius 2 is 2.20 bits per heavy atom. The summed E-state index contributed by atoms with van der Waals surface area (Å²) in [5.74, 6) is 2.04. The largest absolute Gasteiger partial charge is 0.493 e. The molecule has 5 nitrogen and oxygen atoms in total. The third kappa shape index (κ3) is 3.49. The number of aromatic nitrogens is 1. The van der Waals surface area contributed by atoms with E-state index in [2.05, 4.69) is 9.88 Å². The van der Waals surface area contributed by atoms with E-state index in [1.807, 2.05) is 17.5 Å². The monoisotopic (exact) mass is 358 g/mol. The summed E-state index contributed by atoms with van der Waals surface area (Å²) in [6.45, 7) is 1.26. The normalized spacial score (nSPS) is 19.9. The predicted molar refractivity (Wildman–Crippen MR) is 96.2 cm³/mol. The summed E-state index contributed by atoms with van der Waals surface area (Å²) in [6.07, 6.45) is 4.78. The minimum absolute atomic E-state index is 0.110. The molecule has 0 N–H and O–H groups in total. The van der Waals surface area contributed by atoms with E-state index in [4.69, 9.17) is 9.47 Å². The molecule has 2 heterocycles. The van der Waals surface area contributed by atoms with Crippen molar-refractivity contribution >= 4 is 17.2 Å². The quantitative estimate of drug-likeness (QED) is 0.789. The SMILES string of the molecule is COc1cc(C(=O)N2CCCC2C2CC2)ccc1OCc1cscn1. The minimum atomic E-state index is 0.110. The van der Waals surface area contributed by atoms with Crippen molar-refractivity contribution in [3.05, 3.63) is 40.3 Å². The van der Waals surface area contributed by atoms with Gasteiger partial charge in [0.05, 0.1) is 18.3 Å². The summed E-state index contributed by atoms with van der Waals surface area (Å²) in [4.78, 5) is 19.2. The average Bonchev–Trinajstić information content (AvgIpc) is 3.15. The van der Waals surface area contributed by atoms with Crippen molar-refractivity contribution in [2.24, 2.45) is 5.92 Å². The van der Waals surface area contributed by atoms with Crippen LogP contribution in [0.1, 0.15) is 41.7 Å². The van der Waals surface area contributed by atoms with Crippen molar-refractivity contribution in [1.29, 1.82) is 0 Å². The van der Waals surface area contributed by atoms with Crippen LogP contribution >= 0.6 is 11.3 Å². The van der Waals surface area contributed by atoms with Crippen LogP contribution in [0, 0.1) is 5.92 Å². The van der Waals surface area contributed by atoms with Crippen LogP contribution < -0.4 is 9.47 Å². The zero-order valence-electron chi connectivity index (χ0n) is 14.3. The number of likely N-dealkylation sites (tertiary alicyclic amines) is 1.